The van der Waals surface area contributed by atoms with Crippen LogP contribution >= 0.6 is 11.6 Å². The van der Waals surface area contributed by atoms with Crippen LogP contribution in [-0.4, -0.2) is 15.8 Å². The van der Waals surface area contributed by atoms with Crippen molar-refractivity contribution in [1.29, 1.82) is 0 Å². The number of rotatable bonds is 5. The number of carbonyl (C=O) groups excluding carboxylic acids is 1. The first kappa shape index (κ1) is 16.4. The van der Waals surface area contributed by atoms with E-state index in [0.717, 1.165) is 12.1 Å². The van der Waals surface area contributed by atoms with Gasteiger partial charge in [0.15, 0.2) is 0 Å². The Balaban J connectivity index is 2.15. The molecule has 0 heterocycles. The summed E-state index contributed by atoms with van der Waals surface area (Å²) in [5, 5.41) is 21.4. The Morgan fingerprint density at radius 1 is 1.09 bits per heavy atom. The number of nitro groups is 2. The van der Waals surface area contributed by atoms with E-state index in [0.29, 0.717) is 0 Å². The zero-order valence-electron chi connectivity index (χ0n) is 11.5. The molecule has 23 heavy (non-hydrogen) atoms. The molecule has 0 aliphatic rings. The molecule has 0 aliphatic heterocycles. The fraction of sp³-hybridized carbons (Fsp3) is 0.0714. The van der Waals surface area contributed by atoms with E-state index in [2.05, 4.69) is 0 Å². The molecule has 0 saturated carbocycles. The minimum atomic E-state index is -0.831. The van der Waals surface area contributed by atoms with Gasteiger partial charge in [-0.15, -0.1) is 0 Å². The number of para-hydroxylation sites is 1. The van der Waals surface area contributed by atoms with Crippen LogP contribution < -0.4 is 0 Å². The number of benzene rings is 2. The molecule has 0 aromatic heterocycles. The van der Waals surface area contributed by atoms with Crippen molar-refractivity contribution < 1.29 is 19.4 Å². The van der Waals surface area contributed by atoms with Gasteiger partial charge in [-0.1, -0.05) is 23.7 Å². The molecule has 0 unspecified atom stereocenters. The van der Waals surface area contributed by atoms with Crippen LogP contribution in [0.2, 0.25) is 5.02 Å². The fourth-order valence-electron chi connectivity index (χ4n) is 1.82. The maximum Gasteiger partial charge on any atom is 0.339 e. The fourth-order valence-corrected chi connectivity index (χ4v) is 2.07. The first-order valence-corrected chi connectivity index (χ1v) is 6.61. The minimum Gasteiger partial charge on any atom is -0.457 e. The van der Waals surface area contributed by atoms with Crippen LogP contribution in [0.5, 0.6) is 0 Å². The molecule has 0 N–H and O–H groups in total. The maximum absolute atomic E-state index is 12.0. The number of nitro benzene ring substituents is 2. The number of halogens is 1. The number of ether oxygens (including phenoxy) is 1. The van der Waals surface area contributed by atoms with Gasteiger partial charge in [0.1, 0.15) is 6.61 Å². The quantitative estimate of drug-likeness (QED) is 0.469. The highest BCUT2D eigenvalue weighted by Gasteiger charge is 2.18. The topological polar surface area (TPSA) is 113 Å². The van der Waals surface area contributed by atoms with E-state index in [-0.39, 0.29) is 34.1 Å². The SMILES string of the molecule is O=C(OCc1ccccc1[N+](=O)[O-])c1ccc([N+](=O)[O-])cc1Cl. The molecule has 0 bridgehead atoms. The van der Waals surface area contributed by atoms with Crippen molar-refractivity contribution in [1.82, 2.24) is 0 Å². The molecule has 2 rings (SSSR count). The van der Waals surface area contributed by atoms with E-state index in [1.54, 1.807) is 6.07 Å². The molecule has 2 aromatic rings. The second kappa shape index (κ2) is 6.84. The average molecular weight is 337 g/mol. The second-order valence-corrected chi connectivity index (χ2v) is 4.79. The standard InChI is InChI=1S/C14H9ClN2O6/c15-12-7-10(16(19)20)5-6-11(12)14(18)23-8-9-3-1-2-4-13(9)17(21)22/h1-7H,8H2. The number of esters is 1. The molecular formula is C14H9ClN2O6. The van der Waals surface area contributed by atoms with E-state index in [1.807, 2.05) is 0 Å². The van der Waals surface area contributed by atoms with E-state index in [9.17, 15) is 25.0 Å². The summed E-state index contributed by atoms with van der Waals surface area (Å²) in [4.78, 5) is 32.2. The van der Waals surface area contributed by atoms with E-state index in [4.69, 9.17) is 16.3 Å². The van der Waals surface area contributed by atoms with Crippen LogP contribution in [0.15, 0.2) is 42.5 Å². The van der Waals surface area contributed by atoms with Gasteiger partial charge in [-0.05, 0) is 12.1 Å². The van der Waals surface area contributed by atoms with E-state index < -0.39 is 15.8 Å². The van der Waals surface area contributed by atoms with Crippen molar-refractivity contribution in [3.8, 4) is 0 Å². The summed E-state index contributed by atoms with van der Waals surface area (Å²) < 4.78 is 4.99. The van der Waals surface area contributed by atoms with Crippen LogP contribution in [0.25, 0.3) is 0 Å². The molecule has 9 heteroatoms. The normalized spacial score (nSPS) is 10.1. The Bertz CT molecular complexity index is 793. The molecule has 0 aliphatic carbocycles. The van der Waals surface area contributed by atoms with Gasteiger partial charge in [-0.2, -0.15) is 0 Å². The molecule has 0 fully saturated rings. The van der Waals surface area contributed by atoms with Crippen LogP contribution in [0, 0.1) is 20.2 Å². The van der Waals surface area contributed by atoms with E-state index in [1.165, 1.54) is 24.3 Å². The lowest BCUT2D eigenvalue weighted by Crippen LogP contribution is -2.07. The number of hydrogen-bond donors (Lipinski definition) is 0. The lowest BCUT2D eigenvalue weighted by atomic mass is 10.2. The van der Waals surface area contributed by atoms with Crippen molar-refractivity contribution in [2.45, 2.75) is 6.61 Å². The molecule has 0 amide bonds. The van der Waals surface area contributed by atoms with Crippen molar-refractivity contribution in [3.63, 3.8) is 0 Å². The molecule has 8 nitrogen and oxygen atoms in total. The van der Waals surface area contributed by atoms with Gasteiger partial charge in [0, 0.05) is 18.2 Å². The molecular weight excluding hydrogens is 328 g/mol. The lowest BCUT2D eigenvalue weighted by Gasteiger charge is -2.07. The summed E-state index contributed by atoms with van der Waals surface area (Å²) in [6.45, 7) is -0.316. The molecule has 0 atom stereocenters. The number of carbonyl (C=O) groups is 1. The van der Waals surface area contributed by atoms with Gasteiger partial charge in [-0.25, -0.2) is 4.79 Å². The summed E-state index contributed by atoms with van der Waals surface area (Å²) in [5.41, 5.74) is -0.264. The smallest absolute Gasteiger partial charge is 0.339 e. The number of hydrogen-bond acceptors (Lipinski definition) is 6. The minimum absolute atomic E-state index is 0.0594. The Labute approximate surface area is 134 Å². The van der Waals surface area contributed by atoms with Crippen LogP contribution in [0.3, 0.4) is 0 Å². The summed E-state index contributed by atoms with van der Waals surface area (Å²) in [5.74, 6) is -0.831. The molecule has 0 saturated heterocycles. The molecule has 0 radical (unpaired) electrons. The van der Waals surface area contributed by atoms with Crippen LogP contribution in [0.1, 0.15) is 15.9 Å². The Kier molecular flexibility index (Phi) is 4.87. The second-order valence-electron chi connectivity index (χ2n) is 4.38. The van der Waals surface area contributed by atoms with E-state index >= 15 is 0 Å². The lowest BCUT2D eigenvalue weighted by molar-refractivity contribution is -0.385. The van der Waals surface area contributed by atoms with Gasteiger partial charge in [-0.3, -0.25) is 20.2 Å². The number of nitrogens with zero attached hydrogens (tertiary/aromatic N) is 2. The highest BCUT2D eigenvalue weighted by Crippen LogP contribution is 2.24. The van der Waals surface area contributed by atoms with Crippen molar-refractivity contribution in [3.05, 3.63) is 78.8 Å². The monoisotopic (exact) mass is 336 g/mol. The molecule has 2 aromatic carbocycles. The van der Waals surface area contributed by atoms with Crippen molar-refractivity contribution in [2.75, 3.05) is 0 Å². The first-order chi connectivity index (χ1) is 10.9. The predicted octanol–water partition coefficient (Wildman–Crippen LogP) is 3.51. The van der Waals surface area contributed by atoms with Crippen LogP contribution in [0.4, 0.5) is 11.4 Å². The third kappa shape index (κ3) is 3.80. The summed E-state index contributed by atoms with van der Waals surface area (Å²) in [6, 6.07) is 9.15. The van der Waals surface area contributed by atoms with Gasteiger partial charge in [0.25, 0.3) is 11.4 Å². The summed E-state index contributed by atoms with van der Waals surface area (Å²) in [7, 11) is 0. The Morgan fingerprint density at radius 2 is 1.78 bits per heavy atom. The third-order valence-electron chi connectivity index (χ3n) is 2.93. The largest absolute Gasteiger partial charge is 0.457 e. The highest BCUT2D eigenvalue weighted by molar-refractivity contribution is 6.33. The zero-order valence-corrected chi connectivity index (χ0v) is 12.2. The summed E-state index contributed by atoms with van der Waals surface area (Å²) in [6.07, 6.45) is 0. The Hall–Kier alpha value is -3.00. The molecule has 118 valence electrons. The highest BCUT2D eigenvalue weighted by atomic mass is 35.5. The van der Waals surface area contributed by atoms with Gasteiger partial charge >= 0.3 is 5.97 Å². The predicted molar refractivity (Wildman–Crippen MR) is 80.3 cm³/mol. The summed E-state index contributed by atoms with van der Waals surface area (Å²) >= 11 is 5.82. The van der Waals surface area contributed by atoms with Crippen molar-refractivity contribution in [2.24, 2.45) is 0 Å². The molecule has 0 spiro atoms. The van der Waals surface area contributed by atoms with Gasteiger partial charge in [0.2, 0.25) is 0 Å². The maximum atomic E-state index is 12.0. The first-order valence-electron chi connectivity index (χ1n) is 6.23. The average Bonchev–Trinajstić information content (AvgIpc) is 2.52. The van der Waals surface area contributed by atoms with Gasteiger partial charge in [0.05, 0.1) is 26.0 Å². The van der Waals surface area contributed by atoms with Gasteiger partial charge < -0.3 is 4.74 Å². The zero-order chi connectivity index (χ0) is 17.0. The number of non-ortho nitro benzene ring substituents is 1. The van der Waals surface area contributed by atoms with Crippen molar-refractivity contribution >= 4 is 28.9 Å². The Morgan fingerprint density at radius 3 is 2.39 bits per heavy atom. The third-order valence-corrected chi connectivity index (χ3v) is 3.24. The van der Waals surface area contributed by atoms with Crippen LogP contribution in [-0.2, 0) is 11.3 Å².